The van der Waals surface area contributed by atoms with Crippen molar-refractivity contribution in [3.8, 4) is 0 Å². The first-order valence-corrected chi connectivity index (χ1v) is 10.5. The summed E-state index contributed by atoms with van der Waals surface area (Å²) in [5.74, 6) is -1.18. The number of carbonyl (C=O) groups is 2. The summed E-state index contributed by atoms with van der Waals surface area (Å²) in [7, 11) is 0. The predicted octanol–water partition coefficient (Wildman–Crippen LogP) is 0.483. The Bertz CT molecular complexity index is 1140. The van der Waals surface area contributed by atoms with Crippen LogP contribution in [0.2, 0.25) is 0 Å². The van der Waals surface area contributed by atoms with E-state index in [1.807, 2.05) is 30.5 Å². The van der Waals surface area contributed by atoms with Crippen molar-refractivity contribution in [2.24, 2.45) is 5.73 Å². The smallest absolute Gasteiger partial charge is 0.245 e. The number of fused-ring (bicyclic) bond motifs is 1. The molecule has 2 aromatic carbocycles. The zero-order valence-corrected chi connectivity index (χ0v) is 19.2. The van der Waals surface area contributed by atoms with E-state index in [9.17, 15) is 19.8 Å². The maximum Gasteiger partial charge on any atom is 0.245 e. The van der Waals surface area contributed by atoms with Crippen LogP contribution < -0.4 is 21.7 Å². The molecule has 0 aliphatic carbocycles. The van der Waals surface area contributed by atoms with Gasteiger partial charge in [0.25, 0.3) is 0 Å². The number of nitrogens with two attached hydrogens (primary N) is 1. The zero-order valence-electron chi connectivity index (χ0n) is 18.4. The number of H-pyrrole nitrogens is 1. The van der Waals surface area contributed by atoms with Crippen molar-refractivity contribution < 1.29 is 19.8 Å². The van der Waals surface area contributed by atoms with E-state index in [0.717, 1.165) is 16.5 Å². The number of para-hydroxylation sites is 1. The van der Waals surface area contributed by atoms with Gasteiger partial charge in [-0.15, -0.1) is 12.4 Å². The van der Waals surface area contributed by atoms with Gasteiger partial charge in [0.1, 0.15) is 18.0 Å². The first-order valence-electron chi connectivity index (χ1n) is 10.5. The van der Waals surface area contributed by atoms with Crippen LogP contribution in [-0.2, 0) is 16.0 Å². The summed E-state index contributed by atoms with van der Waals surface area (Å²) in [5.41, 5.74) is 8.46. The number of amides is 2. The summed E-state index contributed by atoms with van der Waals surface area (Å²) in [6, 6.07) is 13.1. The van der Waals surface area contributed by atoms with Crippen molar-refractivity contribution in [1.29, 1.82) is 5.41 Å². The molecule has 10 nitrogen and oxygen atoms in total. The Labute approximate surface area is 202 Å². The van der Waals surface area contributed by atoms with Crippen LogP contribution in [0.4, 0.5) is 5.69 Å². The van der Waals surface area contributed by atoms with Gasteiger partial charge in [0.2, 0.25) is 11.8 Å². The molecule has 0 saturated carbocycles. The molecule has 0 fully saturated rings. The Hall–Kier alpha value is -3.60. The maximum atomic E-state index is 12.6. The lowest BCUT2D eigenvalue weighted by atomic mass is 10.1. The third kappa shape index (κ3) is 6.95. The Morgan fingerprint density at radius 2 is 1.88 bits per heavy atom. The zero-order chi connectivity index (χ0) is 23.8. The van der Waals surface area contributed by atoms with E-state index in [0.29, 0.717) is 24.2 Å². The number of nitrogen functional groups attached to an aromatic ring is 1. The molecule has 2 unspecified atom stereocenters. The Kier molecular flexibility index (Phi) is 9.87. The average Bonchev–Trinajstić information content (AvgIpc) is 3.23. The van der Waals surface area contributed by atoms with Crippen LogP contribution in [0.25, 0.3) is 10.9 Å². The molecule has 0 saturated heterocycles. The largest absolute Gasteiger partial charge is 0.394 e. The molecule has 0 aliphatic heterocycles. The van der Waals surface area contributed by atoms with Gasteiger partial charge in [0.15, 0.2) is 0 Å². The highest BCUT2D eigenvalue weighted by molar-refractivity contribution is 5.96. The molecule has 2 atom stereocenters. The van der Waals surface area contributed by atoms with Crippen LogP contribution in [0.1, 0.15) is 11.1 Å². The number of hydrogen-bond donors (Lipinski definition) is 8. The van der Waals surface area contributed by atoms with E-state index in [1.165, 1.54) is 0 Å². The standard InChI is InChI=1S/C23H28N6O4.ClH/c24-22(25)14-4-3-5-16(10-14)29-21(19(31)13-30)23(33)28-12-20(32)26-9-8-15-11-27-18-7-2-1-6-17(15)18;/h1-7,10-11,19,21,27,29-31H,8-9,12-13H2,(H3,24,25)(H,26,32)(H,28,33);1H. The number of carbonyl (C=O) groups excluding carboxylic acids is 2. The molecule has 0 radical (unpaired) electrons. The SMILES string of the molecule is Cl.N=C(N)c1cccc(NC(C(=O)NCC(=O)NCCc2c[nH]c3ccccc23)C(O)CO)c1. The number of halogens is 1. The summed E-state index contributed by atoms with van der Waals surface area (Å²) >= 11 is 0. The highest BCUT2D eigenvalue weighted by Crippen LogP contribution is 2.17. The number of nitrogens with one attached hydrogen (secondary N) is 5. The Morgan fingerprint density at radius 1 is 1.12 bits per heavy atom. The molecule has 1 heterocycles. The Balaban J connectivity index is 0.00000408. The fraction of sp³-hybridized carbons (Fsp3) is 0.261. The van der Waals surface area contributed by atoms with Gasteiger partial charge in [0, 0.05) is 34.9 Å². The third-order valence-corrected chi connectivity index (χ3v) is 5.16. The molecule has 9 N–H and O–H groups in total. The maximum absolute atomic E-state index is 12.6. The van der Waals surface area contributed by atoms with Crippen molar-refractivity contribution in [1.82, 2.24) is 15.6 Å². The molecule has 0 bridgehead atoms. The number of aliphatic hydroxyl groups excluding tert-OH is 2. The molecule has 34 heavy (non-hydrogen) atoms. The summed E-state index contributed by atoms with van der Waals surface area (Å²) in [6.45, 7) is -0.541. The summed E-state index contributed by atoms with van der Waals surface area (Å²) in [4.78, 5) is 27.9. The topological polar surface area (TPSA) is 176 Å². The monoisotopic (exact) mass is 488 g/mol. The molecule has 0 spiro atoms. The second kappa shape index (κ2) is 12.6. The number of aliphatic hydroxyl groups is 2. The van der Waals surface area contributed by atoms with Crippen molar-refractivity contribution in [2.45, 2.75) is 18.6 Å². The van der Waals surface area contributed by atoms with Gasteiger partial charge < -0.3 is 36.9 Å². The van der Waals surface area contributed by atoms with E-state index < -0.39 is 24.7 Å². The van der Waals surface area contributed by atoms with Crippen molar-refractivity contribution in [2.75, 3.05) is 25.0 Å². The predicted molar refractivity (Wildman–Crippen MR) is 133 cm³/mol. The van der Waals surface area contributed by atoms with Crippen LogP contribution in [0, 0.1) is 5.41 Å². The van der Waals surface area contributed by atoms with Crippen LogP contribution in [0.3, 0.4) is 0 Å². The van der Waals surface area contributed by atoms with E-state index in [1.54, 1.807) is 24.3 Å². The highest BCUT2D eigenvalue weighted by atomic mass is 35.5. The number of anilines is 1. The third-order valence-electron chi connectivity index (χ3n) is 5.16. The van der Waals surface area contributed by atoms with Crippen LogP contribution in [0.5, 0.6) is 0 Å². The molecule has 182 valence electrons. The lowest BCUT2D eigenvalue weighted by Crippen LogP contribution is -2.50. The fourth-order valence-corrected chi connectivity index (χ4v) is 3.41. The van der Waals surface area contributed by atoms with Crippen molar-refractivity contribution in [3.63, 3.8) is 0 Å². The molecule has 2 amide bonds. The summed E-state index contributed by atoms with van der Waals surface area (Å²) in [6.07, 6.45) is 1.13. The number of aromatic amines is 1. The van der Waals surface area contributed by atoms with Crippen LogP contribution in [-0.4, -0.2) is 64.7 Å². The van der Waals surface area contributed by atoms with Gasteiger partial charge in [0.05, 0.1) is 13.2 Å². The fourth-order valence-electron chi connectivity index (χ4n) is 3.41. The van der Waals surface area contributed by atoms with E-state index >= 15 is 0 Å². The normalized spacial score (nSPS) is 12.3. The highest BCUT2D eigenvalue weighted by Gasteiger charge is 2.26. The molecule has 0 aliphatic rings. The first-order chi connectivity index (χ1) is 15.9. The van der Waals surface area contributed by atoms with E-state index in [4.69, 9.17) is 11.1 Å². The molecule has 11 heteroatoms. The van der Waals surface area contributed by atoms with Gasteiger partial charge in [-0.05, 0) is 30.2 Å². The van der Waals surface area contributed by atoms with Crippen molar-refractivity contribution in [3.05, 3.63) is 65.9 Å². The molecule has 1 aromatic heterocycles. The lowest BCUT2D eigenvalue weighted by Gasteiger charge is -2.23. The molecule has 3 rings (SSSR count). The van der Waals surface area contributed by atoms with Gasteiger partial charge in [-0.25, -0.2) is 0 Å². The molecular weight excluding hydrogens is 460 g/mol. The minimum Gasteiger partial charge on any atom is -0.394 e. The lowest BCUT2D eigenvalue weighted by molar-refractivity contribution is -0.128. The quantitative estimate of drug-likeness (QED) is 0.144. The van der Waals surface area contributed by atoms with E-state index in [-0.39, 0.29) is 30.7 Å². The molecular formula is C23H29ClN6O4. The van der Waals surface area contributed by atoms with Gasteiger partial charge in [-0.1, -0.05) is 30.3 Å². The van der Waals surface area contributed by atoms with Gasteiger partial charge in [-0.3, -0.25) is 15.0 Å². The average molecular weight is 489 g/mol. The number of aromatic nitrogens is 1. The molecule has 3 aromatic rings. The summed E-state index contributed by atoms with van der Waals surface area (Å²) in [5, 5.41) is 36.1. The summed E-state index contributed by atoms with van der Waals surface area (Å²) < 4.78 is 0. The second-order valence-electron chi connectivity index (χ2n) is 7.54. The first kappa shape index (κ1) is 26.7. The van der Waals surface area contributed by atoms with Crippen LogP contribution >= 0.6 is 12.4 Å². The van der Waals surface area contributed by atoms with Crippen LogP contribution in [0.15, 0.2) is 54.7 Å². The number of benzene rings is 2. The minimum atomic E-state index is -1.41. The minimum absolute atomic E-state index is 0. The number of amidine groups is 1. The van der Waals surface area contributed by atoms with Gasteiger partial charge in [-0.2, -0.15) is 0 Å². The van der Waals surface area contributed by atoms with Crippen molar-refractivity contribution >= 4 is 46.6 Å². The second-order valence-corrected chi connectivity index (χ2v) is 7.54. The Morgan fingerprint density at radius 3 is 2.62 bits per heavy atom. The number of hydrogen-bond acceptors (Lipinski definition) is 6. The number of rotatable bonds is 11. The van der Waals surface area contributed by atoms with Gasteiger partial charge >= 0.3 is 0 Å². The van der Waals surface area contributed by atoms with E-state index in [2.05, 4.69) is 20.9 Å².